The zero-order chi connectivity index (χ0) is 18.5. The van der Waals surface area contributed by atoms with Gasteiger partial charge in [0.05, 0.1) is 12.6 Å². The number of rotatable bonds is 1. The van der Waals surface area contributed by atoms with Gasteiger partial charge in [-0.3, -0.25) is 0 Å². The summed E-state index contributed by atoms with van der Waals surface area (Å²) in [6, 6.07) is 4.44. The molecule has 8 nitrogen and oxygen atoms in total. The monoisotopic (exact) mass is 396 g/mol. The molecule has 2 aliphatic heterocycles. The second-order valence-electron chi connectivity index (χ2n) is 6.25. The second kappa shape index (κ2) is 6.26. The molecule has 0 amide bonds. The molecule has 2 aliphatic rings. The summed E-state index contributed by atoms with van der Waals surface area (Å²) in [7, 11) is -3.56. The van der Waals surface area contributed by atoms with Crippen LogP contribution in [0.5, 0.6) is 11.6 Å². The predicted octanol–water partition coefficient (Wildman–Crippen LogP) is 2.19. The predicted molar refractivity (Wildman–Crippen MR) is 96.6 cm³/mol. The highest BCUT2D eigenvalue weighted by molar-refractivity contribution is 7.90. The molecule has 1 aromatic heterocycles. The first-order chi connectivity index (χ1) is 12.3. The van der Waals surface area contributed by atoms with Gasteiger partial charge in [-0.05, 0) is 24.1 Å². The first-order valence-corrected chi connectivity index (χ1v) is 10.3. The number of nitrogens with two attached hydrogens (primary N) is 1. The fraction of sp³-hybridized carbons (Fsp3) is 0.375. The number of sulfone groups is 1. The Hall–Kier alpha value is -2.10. The highest BCUT2D eigenvalue weighted by atomic mass is 35.5. The number of fused-ring (bicyclic) bond motifs is 7. The van der Waals surface area contributed by atoms with Crippen molar-refractivity contribution in [3.05, 3.63) is 28.8 Å². The molecule has 4 rings (SSSR count). The van der Waals surface area contributed by atoms with Crippen molar-refractivity contribution >= 4 is 33.2 Å². The summed E-state index contributed by atoms with van der Waals surface area (Å²) in [5.41, 5.74) is 6.54. The average molecular weight is 397 g/mol. The number of anilines is 2. The van der Waals surface area contributed by atoms with Gasteiger partial charge in [-0.25, -0.2) is 8.42 Å². The summed E-state index contributed by atoms with van der Waals surface area (Å²) in [6.07, 6.45) is 1.91. The van der Waals surface area contributed by atoms with Crippen LogP contribution in [0.15, 0.2) is 23.1 Å². The number of nitrogens with zero attached hydrogens (tertiary/aromatic N) is 3. The van der Waals surface area contributed by atoms with E-state index in [2.05, 4.69) is 9.97 Å². The normalized spacial score (nSPS) is 19.5. The molecular formula is C16H17ClN4O4S. The van der Waals surface area contributed by atoms with E-state index in [4.69, 9.17) is 26.8 Å². The minimum absolute atomic E-state index is 0.00651. The summed E-state index contributed by atoms with van der Waals surface area (Å²) >= 11 is 6.45. The maximum absolute atomic E-state index is 12.2. The van der Waals surface area contributed by atoms with Gasteiger partial charge in [0.15, 0.2) is 9.84 Å². The van der Waals surface area contributed by atoms with Gasteiger partial charge in [0, 0.05) is 30.5 Å². The van der Waals surface area contributed by atoms with Crippen LogP contribution in [0, 0.1) is 0 Å². The average Bonchev–Trinajstić information content (AvgIpc) is 2.78. The Kier molecular flexibility index (Phi) is 4.17. The summed E-state index contributed by atoms with van der Waals surface area (Å²) in [5.74, 6) is 0.962. The molecule has 1 unspecified atom stereocenters. The molecule has 4 bridgehead atoms. The molecule has 0 radical (unpaired) electrons. The van der Waals surface area contributed by atoms with Crippen molar-refractivity contribution in [1.29, 1.82) is 0 Å². The number of ether oxygens (including phenoxy) is 2. The minimum Gasteiger partial charge on any atom is -0.437 e. The molecule has 2 aromatic rings. The third-order valence-corrected chi connectivity index (χ3v) is 5.82. The van der Waals surface area contributed by atoms with Crippen LogP contribution in [0.25, 0.3) is 0 Å². The van der Waals surface area contributed by atoms with E-state index in [9.17, 15) is 8.42 Å². The van der Waals surface area contributed by atoms with E-state index in [-0.39, 0.29) is 28.5 Å². The number of benzene rings is 1. The number of hydrogen-bond acceptors (Lipinski definition) is 8. The maximum Gasteiger partial charge on any atom is 0.226 e. The lowest BCUT2D eigenvalue weighted by Gasteiger charge is -2.30. The van der Waals surface area contributed by atoms with Crippen LogP contribution in [0.2, 0.25) is 5.02 Å². The van der Waals surface area contributed by atoms with E-state index in [1.807, 2.05) is 4.90 Å². The van der Waals surface area contributed by atoms with E-state index < -0.39 is 9.84 Å². The first kappa shape index (κ1) is 17.3. The Morgan fingerprint density at radius 3 is 2.88 bits per heavy atom. The highest BCUT2D eigenvalue weighted by Gasteiger charge is 2.31. The third kappa shape index (κ3) is 3.06. The quantitative estimate of drug-likeness (QED) is 0.781. The largest absolute Gasteiger partial charge is 0.437 e. The van der Waals surface area contributed by atoms with Crippen LogP contribution in [0.1, 0.15) is 18.0 Å². The zero-order valence-electron chi connectivity index (χ0n) is 14.0. The summed E-state index contributed by atoms with van der Waals surface area (Å²) in [6.45, 7) is 1.68. The van der Waals surface area contributed by atoms with Crippen LogP contribution in [0.4, 0.5) is 11.8 Å². The van der Waals surface area contributed by atoms with Crippen LogP contribution in [-0.4, -0.2) is 44.4 Å². The lowest BCUT2D eigenvalue weighted by molar-refractivity contribution is 0.134. The number of hydrogen-bond donors (Lipinski definition) is 1. The van der Waals surface area contributed by atoms with Crippen molar-refractivity contribution in [2.75, 3.05) is 36.6 Å². The molecule has 0 spiro atoms. The van der Waals surface area contributed by atoms with Gasteiger partial charge in [0.2, 0.25) is 11.8 Å². The molecule has 26 heavy (non-hydrogen) atoms. The summed E-state index contributed by atoms with van der Waals surface area (Å²) in [4.78, 5) is 10.4. The fourth-order valence-electron chi connectivity index (χ4n) is 3.23. The van der Waals surface area contributed by atoms with Crippen molar-refractivity contribution < 1.29 is 17.9 Å². The van der Waals surface area contributed by atoms with Gasteiger partial charge in [-0.1, -0.05) is 11.6 Å². The van der Waals surface area contributed by atoms with Crippen molar-refractivity contribution in [2.45, 2.75) is 17.4 Å². The van der Waals surface area contributed by atoms with Gasteiger partial charge in [0.1, 0.15) is 16.5 Å². The number of aromatic nitrogens is 2. The van der Waals surface area contributed by atoms with Crippen molar-refractivity contribution in [3.8, 4) is 11.6 Å². The molecule has 2 N–H and O–H groups in total. The summed E-state index contributed by atoms with van der Waals surface area (Å²) < 4.78 is 35.9. The van der Waals surface area contributed by atoms with Crippen molar-refractivity contribution in [1.82, 2.24) is 9.97 Å². The number of halogens is 1. The van der Waals surface area contributed by atoms with Crippen molar-refractivity contribution in [3.63, 3.8) is 0 Å². The molecule has 1 saturated heterocycles. The molecule has 1 fully saturated rings. The Balaban J connectivity index is 2.00. The third-order valence-electron chi connectivity index (χ3n) is 4.38. The van der Waals surface area contributed by atoms with Gasteiger partial charge < -0.3 is 20.1 Å². The standard InChI is InChI=1S/C16H17ClN4O4S/c1-26(22,23)13-6-10(17)9-5-12(13)25-15-7-14(19-16(18)20-15)21-3-2-4-24-8-11(9)21/h5-7,11H,2-4,8H2,1H3,(H2,18,19,20). The van der Waals surface area contributed by atoms with Gasteiger partial charge in [-0.15, -0.1) is 0 Å². The van der Waals surface area contributed by atoms with Gasteiger partial charge >= 0.3 is 0 Å². The fourth-order valence-corrected chi connectivity index (χ4v) is 4.38. The Morgan fingerprint density at radius 1 is 1.31 bits per heavy atom. The van der Waals surface area contributed by atoms with Gasteiger partial charge in [-0.2, -0.15) is 9.97 Å². The SMILES string of the molecule is CS(=O)(=O)c1cc(Cl)c2cc1Oc1cc(nc(N)n1)N1CCCOCC21. The van der Waals surface area contributed by atoms with E-state index in [0.717, 1.165) is 12.7 Å². The Morgan fingerprint density at radius 2 is 2.12 bits per heavy atom. The maximum atomic E-state index is 12.2. The smallest absolute Gasteiger partial charge is 0.226 e. The Labute approximate surface area is 155 Å². The van der Waals surface area contributed by atoms with E-state index in [1.54, 1.807) is 12.1 Å². The van der Waals surface area contributed by atoms with Crippen LogP contribution in [0.3, 0.4) is 0 Å². The van der Waals surface area contributed by atoms with Gasteiger partial charge in [0.25, 0.3) is 0 Å². The van der Waals surface area contributed by atoms with Crippen LogP contribution in [-0.2, 0) is 14.6 Å². The molecule has 138 valence electrons. The Bertz CT molecular complexity index is 982. The van der Waals surface area contributed by atoms with Crippen molar-refractivity contribution in [2.24, 2.45) is 0 Å². The molecule has 1 atom stereocenters. The van der Waals surface area contributed by atoms with Crippen LogP contribution < -0.4 is 15.4 Å². The topological polar surface area (TPSA) is 108 Å². The molecule has 0 aliphatic carbocycles. The zero-order valence-corrected chi connectivity index (χ0v) is 15.5. The molecular weight excluding hydrogens is 380 g/mol. The molecule has 0 saturated carbocycles. The second-order valence-corrected chi connectivity index (χ2v) is 8.65. The molecule has 1 aromatic carbocycles. The first-order valence-electron chi connectivity index (χ1n) is 8.03. The van der Waals surface area contributed by atoms with Crippen LogP contribution >= 0.6 is 11.6 Å². The lowest BCUT2D eigenvalue weighted by atomic mass is 10.1. The molecule has 10 heteroatoms. The lowest BCUT2D eigenvalue weighted by Crippen LogP contribution is -2.31. The van der Waals surface area contributed by atoms with E-state index >= 15 is 0 Å². The minimum atomic E-state index is -3.56. The summed E-state index contributed by atoms with van der Waals surface area (Å²) in [5, 5.41) is 0.328. The molecule has 3 heterocycles. The van der Waals surface area contributed by atoms with E-state index in [0.29, 0.717) is 36.2 Å². The number of nitrogen functional groups attached to an aromatic ring is 1. The highest BCUT2D eigenvalue weighted by Crippen LogP contribution is 2.41. The van der Waals surface area contributed by atoms with E-state index in [1.165, 1.54) is 6.07 Å².